The lowest BCUT2D eigenvalue weighted by Crippen LogP contribution is -2.18. The lowest BCUT2D eigenvalue weighted by molar-refractivity contribution is -0.138. The van der Waals surface area contributed by atoms with E-state index in [1.807, 2.05) is 44.2 Å². The van der Waals surface area contributed by atoms with E-state index in [9.17, 15) is 4.79 Å². The van der Waals surface area contributed by atoms with E-state index in [0.717, 1.165) is 11.1 Å². The number of carbonyl (C=O) groups excluding carboxylic acids is 1. The summed E-state index contributed by atoms with van der Waals surface area (Å²) in [6.07, 6.45) is 5.68. The Kier molecular flexibility index (Phi) is 4.43. The first-order valence-electron chi connectivity index (χ1n) is 6.34. The van der Waals surface area contributed by atoms with E-state index in [0.29, 0.717) is 23.6 Å². The van der Waals surface area contributed by atoms with Gasteiger partial charge in [-0.3, -0.25) is 0 Å². The van der Waals surface area contributed by atoms with Crippen LogP contribution >= 0.6 is 11.6 Å². The van der Waals surface area contributed by atoms with Crippen LogP contribution in [0, 0.1) is 6.08 Å². The van der Waals surface area contributed by atoms with Crippen LogP contribution in [0.2, 0.25) is 5.02 Å². The van der Waals surface area contributed by atoms with Crippen LogP contribution in [0.15, 0.2) is 41.5 Å². The maximum atomic E-state index is 12.1. The fraction of sp³-hybridized carbons (Fsp3) is 0.312. The molecule has 1 atom stereocenters. The first-order chi connectivity index (χ1) is 9.15. The van der Waals surface area contributed by atoms with Crippen LogP contribution in [-0.4, -0.2) is 12.6 Å². The third kappa shape index (κ3) is 2.90. The molecule has 1 unspecified atom stereocenters. The van der Waals surface area contributed by atoms with Gasteiger partial charge in [0.25, 0.3) is 0 Å². The van der Waals surface area contributed by atoms with Crippen molar-refractivity contribution in [3.8, 4) is 0 Å². The molecule has 3 heteroatoms. The number of esters is 1. The lowest BCUT2D eigenvalue weighted by atomic mass is 9.82. The highest BCUT2D eigenvalue weighted by molar-refractivity contribution is 6.31. The van der Waals surface area contributed by atoms with Gasteiger partial charge in [-0.2, -0.15) is 0 Å². The van der Waals surface area contributed by atoms with Gasteiger partial charge in [0, 0.05) is 16.5 Å². The van der Waals surface area contributed by atoms with Crippen molar-refractivity contribution in [1.82, 2.24) is 0 Å². The lowest BCUT2D eigenvalue weighted by Gasteiger charge is -2.23. The Bertz CT molecular complexity index is 543. The van der Waals surface area contributed by atoms with Gasteiger partial charge in [-0.25, -0.2) is 4.79 Å². The number of allylic oxidation sites excluding steroid dienone is 3. The molecule has 2 nitrogen and oxygen atoms in total. The Morgan fingerprint density at radius 3 is 2.89 bits per heavy atom. The van der Waals surface area contributed by atoms with Gasteiger partial charge in [-0.05, 0) is 43.5 Å². The minimum absolute atomic E-state index is 0.0715. The van der Waals surface area contributed by atoms with Gasteiger partial charge in [-0.15, -0.1) is 0 Å². The smallest absolute Gasteiger partial charge is 0.334 e. The van der Waals surface area contributed by atoms with Crippen molar-refractivity contribution in [2.75, 3.05) is 6.61 Å². The second kappa shape index (κ2) is 6.07. The molecule has 0 N–H and O–H groups in total. The van der Waals surface area contributed by atoms with Crippen molar-refractivity contribution in [3.05, 3.63) is 58.1 Å². The van der Waals surface area contributed by atoms with Crippen LogP contribution in [0.5, 0.6) is 0 Å². The van der Waals surface area contributed by atoms with Crippen LogP contribution in [0.1, 0.15) is 31.7 Å². The first-order valence-corrected chi connectivity index (χ1v) is 6.71. The molecule has 1 aromatic carbocycles. The average molecular weight is 276 g/mol. The summed E-state index contributed by atoms with van der Waals surface area (Å²) in [7, 11) is 0. The molecule has 1 aliphatic carbocycles. The molecule has 0 amide bonds. The van der Waals surface area contributed by atoms with Gasteiger partial charge in [0.2, 0.25) is 0 Å². The fourth-order valence-corrected chi connectivity index (χ4v) is 2.59. The third-order valence-electron chi connectivity index (χ3n) is 3.19. The predicted octanol–water partition coefficient (Wildman–Crippen LogP) is 4.07. The van der Waals surface area contributed by atoms with Gasteiger partial charge >= 0.3 is 5.97 Å². The second-order valence-corrected chi connectivity index (χ2v) is 4.85. The highest BCUT2D eigenvalue weighted by Gasteiger charge is 2.28. The highest BCUT2D eigenvalue weighted by Crippen LogP contribution is 2.37. The molecule has 19 heavy (non-hydrogen) atoms. The number of hydrogen-bond acceptors (Lipinski definition) is 2. The van der Waals surface area contributed by atoms with Crippen LogP contribution in [0.4, 0.5) is 0 Å². The maximum Gasteiger partial charge on any atom is 0.334 e. The second-order valence-electron chi connectivity index (χ2n) is 4.44. The van der Waals surface area contributed by atoms with Crippen LogP contribution in [-0.2, 0) is 9.53 Å². The Balaban J connectivity index is 2.43. The molecule has 0 saturated heterocycles. The molecule has 1 aromatic rings. The standard InChI is InChI=1S/C16H16ClO2/c1-3-19-16(18)15-11(2)7-6-9-13(15)12-8-4-5-10-14(12)17/h4-5,7-8,10,13H,3,9H2,1-2H3. The van der Waals surface area contributed by atoms with Crippen molar-refractivity contribution < 1.29 is 9.53 Å². The normalized spacial score (nSPS) is 18.6. The monoisotopic (exact) mass is 275 g/mol. The van der Waals surface area contributed by atoms with Crippen LogP contribution in [0.3, 0.4) is 0 Å². The number of ether oxygens (including phenoxy) is 1. The van der Waals surface area contributed by atoms with Crippen molar-refractivity contribution in [3.63, 3.8) is 0 Å². The molecule has 0 bridgehead atoms. The summed E-state index contributed by atoms with van der Waals surface area (Å²) >= 11 is 6.24. The summed E-state index contributed by atoms with van der Waals surface area (Å²) in [5, 5.41) is 0.672. The molecule has 99 valence electrons. The summed E-state index contributed by atoms with van der Waals surface area (Å²) in [4.78, 5) is 12.1. The van der Waals surface area contributed by atoms with Crippen molar-refractivity contribution in [2.24, 2.45) is 0 Å². The minimum Gasteiger partial charge on any atom is -0.463 e. The van der Waals surface area contributed by atoms with E-state index in [4.69, 9.17) is 16.3 Å². The van der Waals surface area contributed by atoms with E-state index >= 15 is 0 Å². The Morgan fingerprint density at radius 1 is 1.47 bits per heavy atom. The molecule has 0 aromatic heterocycles. The van der Waals surface area contributed by atoms with Gasteiger partial charge in [0.1, 0.15) is 0 Å². The summed E-state index contributed by atoms with van der Waals surface area (Å²) in [6, 6.07) is 7.60. The molecule has 1 aliphatic rings. The number of carbonyl (C=O) groups is 1. The zero-order chi connectivity index (χ0) is 13.8. The highest BCUT2D eigenvalue weighted by atomic mass is 35.5. The van der Waals surface area contributed by atoms with E-state index < -0.39 is 0 Å². The zero-order valence-corrected chi connectivity index (χ0v) is 11.8. The predicted molar refractivity (Wildman–Crippen MR) is 76.0 cm³/mol. The number of benzene rings is 1. The van der Waals surface area contributed by atoms with Gasteiger partial charge in [-0.1, -0.05) is 35.9 Å². The third-order valence-corrected chi connectivity index (χ3v) is 3.53. The molecule has 2 rings (SSSR count). The summed E-state index contributed by atoms with van der Waals surface area (Å²) < 4.78 is 5.16. The Labute approximate surface area is 118 Å². The van der Waals surface area contributed by atoms with E-state index in [2.05, 4.69) is 6.08 Å². The fourth-order valence-electron chi connectivity index (χ4n) is 2.32. The molecule has 0 heterocycles. The topological polar surface area (TPSA) is 26.3 Å². The van der Waals surface area contributed by atoms with E-state index in [1.165, 1.54) is 0 Å². The molecule has 0 spiro atoms. The largest absolute Gasteiger partial charge is 0.463 e. The van der Waals surface area contributed by atoms with Crippen molar-refractivity contribution in [1.29, 1.82) is 0 Å². The molecular weight excluding hydrogens is 260 g/mol. The molecule has 0 aliphatic heterocycles. The van der Waals surface area contributed by atoms with Gasteiger partial charge in [0.15, 0.2) is 0 Å². The Morgan fingerprint density at radius 2 is 2.21 bits per heavy atom. The van der Waals surface area contributed by atoms with Gasteiger partial charge < -0.3 is 4.74 Å². The molecule has 0 fully saturated rings. The molecule has 0 saturated carbocycles. The number of halogens is 1. The van der Waals surface area contributed by atoms with Crippen molar-refractivity contribution in [2.45, 2.75) is 26.2 Å². The summed E-state index contributed by atoms with van der Waals surface area (Å²) in [6.45, 7) is 4.09. The van der Waals surface area contributed by atoms with Crippen LogP contribution < -0.4 is 0 Å². The van der Waals surface area contributed by atoms with Crippen molar-refractivity contribution >= 4 is 17.6 Å². The quantitative estimate of drug-likeness (QED) is 0.778. The summed E-state index contributed by atoms with van der Waals surface area (Å²) in [5.74, 6) is -0.333. The molecular formula is C16H16ClO2. The first kappa shape index (κ1) is 13.9. The minimum atomic E-state index is -0.261. The summed E-state index contributed by atoms with van der Waals surface area (Å²) in [5.41, 5.74) is 2.54. The Hall–Kier alpha value is -1.54. The van der Waals surface area contributed by atoms with E-state index in [-0.39, 0.29) is 11.9 Å². The van der Waals surface area contributed by atoms with Gasteiger partial charge in [0.05, 0.1) is 6.61 Å². The van der Waals surface area contributed by atoms with Crippen LogP contribution in [0.25, 0.3) is 0 Å². The average Bonchev–Trinajstić information content (AvgIpc) is 2.39. The number of hydrogen-bond donors (Lipinski definition) is 0. The van der Waals surface area contributed by atoms with E-state index in [1.54, 1.807) is 0 Å². The zero-order valence-electron chi connectivity index (χ0n) is 11.1. The molecule has 1 radical (unpaired) electrons. The maximum absolute atomic E-state index is 12.1. The SMILES string of the molecule is CCOC(=O)C1=C(C)C=[C]CC1c1ccccc1Cl. The number of rotatable bonds is 3.